The lowest BCUT2D eigenvalue weighted by Gasteiger charge is -2.18. The summed E-state index contributed by atoms with van der Waals surface area (Å²) in [5, 5.41) is 11.4. The Bertz CT molecular complexity index is 789. The molecule has 4 amide bonds. The van der Waals surface area contributed by atoms with E-state index >= 15 is 0 Å². The highest BCUT2D eigenvalue weighted by Gasteiger charge is 2.12. The highest BCUT2D eigenvalue weighted by atomic mass is 16.5. The highest BCUT2D eigenvalue weighted by molar-refractivity contribution is 5.89. The lowest BCUT2D eigenvalue weighted by atomic mass is 10.0. The van der Waals surface area contributed by atoms with E-state index in [1.807, 2.05) is 57.2 Å². The molecule has 0 spiro atoms. The first-order chi connectivity index (χ1) is 13.9. The molecule has 2 rings (SSSR count). The monoisotopic (exact) mass is 398 g/mol. The third kappa shape index (κ3) is 7.37. The molecule has 7 heteroatoms. The van der Waals surface area contributed by atoms with Crippen LogP contribution in [0.3, 0.4) is 0 Å². The number of carbonyl (C=O) groups is 2. The largest absolute Gasteiger partial charge is 0.497 e. The van der Waals surface area contributed by atoms with E-state index < -0.39 is 0 Å². The second-order valence-electron chi connectivity index (χ2n) is 7.01. The Kier molecular flexibility index (Phi) is 8.33. The summed E-state index contributed by atoms with van der Waals surface area (Å²) in [5.41, 5.74) is 2.66. The van der Waals surface area contributed by atoms with Gasteiger partial charge in [0.2, 0.25) is 0 Å². The van der Waals surface area contributed by atoms with E-state index in [1.165, 1.54) is 0 Å². The maximum atomic E-state index is 12.3. The Morgan fingerprint density at radius 1 is 0.931 bits per heavy atom. The average molecular weight is 399 g/mol. The van der Waals surface area contributed by atoms with Gasteiger partial charge < -0.3 is 26.0 Å². The van der Waals surface area contributed by atoms with Crippen LogP contribution in [0.15, 0.2) is 48.5 Å². The van der Waals surface area contributed by atoms with Crippen LogP contribution in [-0.2, 0) is 6.54 Å². The summed E-state index contributed by atoms with van der Waals surface area (Å²) < 4.78 is 5.17. The summed E-state index contributed by atoms with van der Waals surface area (Å²) in [6, 6.07) is 14.5. The van der Waals surface area contributed by atoms with Gasteiger partial charge in [-0.2, -0.15) is 0 Å². The minimum Gasteiger partial charge on any atom is -0.497 e. The Labute approximate surface area is 172 Å². The number of carbonyl (C=O) groups excluding carboxylic acids is 2. The normalized spacial score (nSPS) is 11.5. The van der Waals surface area contributed by atoms with Crippen molar-refractivity contribution in [3.8, 4) is 5.75 Å². The molecule has 0 aliphatic heterocycles. The number of benzene rings is 2. The van der Waals surface area contributed by atoms with E-state index in [0.717, 1.165) is 23.3 Å². The molecule has 0 fully saturated rings. The molecule has 7 nitrogen and oxygen atoms in total. The van der Waals surface area contributed by atoms with Crippen molar-refractivity contribution < 1.29 is 14.3 Å². The molecule has 0 aliphatic rings. The van der Waals surface area contributed by atoms with Gasteiger partial charge in [-0.1, -0.05) is 31.2 Å². The first kappa shape index (κ1) is 22.1. The Morgan fingerprint density at radius 3 is 2.14 bits per heavy atom. The molecule has 0 aliphatic carbocycles. The SMILES string of the molecule is CCC(NC(=O)NCc1ccc(NC(=O)NC(C)C)cc1)c1ccc(OC)cc1. The van der Waals surface area contributed by atoms with Crippen molar-refractivity contribution in [3.63, 3.8) is 0 Å². The summed E-state index contributed by atoms with van der Waals surface area (Å²) in [4.78, 5) is 24.0. The van der Waals surface area contributed by atoms with E-state index in [4.69, 9.17) is 4.74 Å². The van der Waals surface area contributed by atoms with Gasteiger partial charge in [-0.05, 0) is 55.7 Å². The van der Waals surface area contributed by atoms with Gasteiger partial charge in [0.25, 0.3) is 0 Å². The second kappa shape index (κ2) is 10.9. The van der Waals surface area contributed by atoms with E-state index in [2.05, 4.69) is 21.3 Å². The van der Waals surface area contributed by atoms with Crippen molar-refractivity contribution in [2.75, 3.05) is 12.4 Å². The molecule has 0 bridgehead atoms. The van der Waals surface area contributed by atoms with E-state index in [1.54, 1.807) is 19.2 Å². The van der Waals surface area contributed by atoms with Crippen LogP contribution in [0, 0.1) is 0 Å². The molecular weight excluding hydrogens is 368 g/mol. The summed E-state index contributed by atoms with van der Waals surface area (Å²) in [5.74, 6) is 0.785. The van der Waals surface area contributed by atoms with Gasteiger partial charge >= 0.3 is 12.1 Å². The molecule has 1 unspecified atom stereocenters. The number of methoxy groups -OCH3 is 1. The number of nitrogens with one attached hydrogen (secondary N) is 4. The summed E-state index contributed by atoms with van der Waals surface area (Å²) in [7, 11) is 1.63. The molecule has 2 aromatic carbocycles. The minimum absolute atomic E-state index is 0.0712. The zero-order valence-corrected chi connectivity index (χ0v) is 17.4. The van der Waals surface area contributed by atoms with Crippen molar-refractivity contribution in [2.24, 2.45) is 0 Å². The van der Waals surface area contributed by atoms with Gasteiger partial charge in [0, 0.05) is 18.3 Å². The number of ether oxygens (including phenoxy) is 1. The first-order valence-electron chi connectivity index (χ1n) is 9.76. The Balaban J connectivity index is 1.83. The molecule has 29 heavy (non-hydrogen) atoms. The molecular formula is C22H30N4O3. The van der Waals surface area contributed by atoms with Crippen LogP contribution in [0.4, 0.5) is 15.3 Å². The topological polar surface area (TPSA) is 91.5 Å². The molecule has 0 aromatic heterocycles. The maximum absolute atomic E-state index is 12.3. The number of hydrogen-bond acceptors (Lipinski definition) is 3. The molecule has 2 aromatic rings. The van der Waals surface area contributed by atoms with Crippen molar-refractivity contribution in [3.05, 3.63) is 59.7 Å². The predicted octanol–water partition coefficient (Wildman–Crippen LogP) is 4.18. The molecule has 0 saturated carbocycles. The standard InChI is InChI=1S/C22H30N4O3/c1-5-20(17-8-12-19(29-4)13-9-17)26-21(27)23-14-16-6-10-18(11-7-16)25-22(28)24-15(2)3/h6-13,15,20H,5,14H2,1-4H3,(H2,23,26,27)(H2,24,25,28). The first-order valence-corrected chi connectivity index (χ1v) is 9.76. The molecule has 0 radical (unpaired) electrons. The molecule has 156 valence electrons. The minimum atomic E-state index is -0.241. The number of amides is 4. The summed E-state index contributed by atoms with van der Waals surface area (Å²) in [6.07, 6.45) is 0.776. The van der Waals surface area contributed by atoms with E-state index in [9.17, 15) is 9.59 Å². The third-order valence-electron chi connectivity index (χ3n) is 4.32. The molecule has 0 heterocycles. The van der Waals surface area contributed by atoms with Crippen LogP contribution in [0.25, 0.3) is 0 Å². The smallest absolute Gasteiger partial charge is 0.319 e. The number of hydrogen-bond donors (Lipinski definition) is 4. The second-order valence-corrected chi connectivity index (χ2v) is 7.01. The number of rotatable bonds is 8. The molecule has 0 saturated heterocycles. The van der Waals surface area contributed by atoms with Gasteiger partial charge in [-0.15, -0.1) is 0 Å². The van der Waals surface area contributed by atoms with Crippen LogP contribution in [0.5, 0.6) is 5.75 Å². The van der Waals surface area contributed by atoms with Gasteiger partial charge in [-0.3, -0.25) is 0 Å². The van der Waals surface area contributed by atoms with Crippen molar-refractivity contribution >= 4 is 17.7 Å². The van der Waals surface area contributed by atoms with Crippen molar-refractivity contribution in [2.45, 2.75) is 45.8 Å². The molecule has 4 N–H and O–H groups in total. The maximum Gasteiger partial charge on any atom is 0.319 e. The van der Waals surface area contributed by atoms with Gasteiger partial charge in [0.1, 0.15) is 5.75 Å². The van der Waals surface area contributed by atoms with Crippen molar-refractivity contribution in [1.29, 1.82) is 0 Å². The average Bonchev–Trinajstić information content (AvgIpc) is 2.71. The van der Waals surface area contributed by atoms with Crippen LogP contribution < -0.4 is 26.0 Å². The summed E-state index contributed by atoms with van der Waals surface area (Å²) >= 11 is 0. The van der Waals surface area contributed by atoms with Crippen LogP contribution in [-0.4, -0.2) is 25.2 Å². The van der Waals surface area contributed by atoms with Gasteiger partial charge in [0.05, 0.1) is 13.2 Å². The van der Waals surface area contributed by atoms with Gasteiger partial charge in [-0.25, -0.2) is 9.59 Å². The zero-order valence-electron chi connectivity index (χ0n) is 17.4. The number of urea groups is 2. The quantitative estimate of drug-likeness (QED) is 0.538. The highest BCUT2D eigenvalue weighted by Crippen LogP contribution is 2.20. The fraction of sp³-hybridized carbons (Fsp3) is 0.364. The lowest BCUT2D eigenvalue weighted by Crippen LogP contribution is -2.37. The Morgan fingerprint density at radius 2 is 1.59 bits per heavy atom. The zero-order chi connectivity index (χ0) is 21.2. The Hall–Kier alpha value is -3.22. The van der Waals surface area contributed by atoms with Crippen molar-refractivity contribution in [1.82, 2.24) is 16.0 Å². The van der Waals surface area contributed by atoms with Gasteiger partial charge in [0.15, 0.2) is 0 Å². The third-order valence-corrected chi connectivity index (χ3v) is 4.32. The van der Waals surface area contributed by atoms with Crippen LogP contribution in [0.1, 0.15) is 44.4 Å². The van der Waals surface area contributed by atoms with E-state index in [0.29, 0.717) is 12.2 Å². The summed E-state index contributed by atoms with van der Waals surface area (Å²) in [6.45, 7) is 6.22. The molecule has 1 atom stereocenters. The predicted molar refractivity (Wildman–Crippen MR) is 115 cm³/mol. The van der Waals surface area contributed by atoms with Crippen LogP contribution >= 0.6 is 0 Å². The van der Waals surface area contributed by atoms with Crippen LogP contribution in [0.2, 0.25) is 0 Å². The lowest BCUT2D eigenvalue weighted by molar-refractivity contribution is 0.236. The fourth-order valence-corrected chi connectivity index (χ4v) is 2.78. The fourth-order valence-electron chi connectivity index (χ4n) is 2.78. The van der Waals surface area contributed by atoms with E-state index in [-0.39, 0.29) is 24.1 Å². The number of anilines is 1.